The van der Waals surface area contributed by atoms with Crippen LogP contribution in [0.1, 0.15) is 49.7 Å². The van der Waals surface area contributed by atoms with Crippen LogP contribution in [0.3, 0.4) is 0 Å². The van der Waals surface area contributed by atoms with E-state index >= 15 is 0 Å². The molecule has 0 unspecified atom stereocenters. The van der Waals surface area contributed by atoms with Gasteiger partial charge >= 0.3 is 0 Å². The minimum absolute atomic E-state index is 0.0427. The minimum atomic E-state index is 0.0427. The highest BCUT2D eigenvalue weighted by molar-refractivity contribution is 5.79. The SMILES string of the molecule is N[C@H]1CCC[C@H](C(=O)NCc2ccccc2CN2CCCC2=O)C1. The number of carbonyl (C=O) groups excluding carboxylic acids is 2. The maximum atomic E-state index is 12.4. The molecular formula is C19H27N3O2. The van der Waals surface area contributed by atoms with Crippen LogP contribution in [0.2, 0.25) is 0 Å². The number of benzene rings is 1. The zero-order chi connectivity index (χ0) is 16.9. The highest BCUT2D eigenvalue weighted by atomic mass is 16.2. The van der Waals surface area contributed by atoms with Crippen LogP contribution < -0.4 is 11.1 Å². The van der Waals surface area contributed by atoms with Crippen molar-refractivity contribution < 1.29 is 9.59 Å². The summed E-state index contributed by atoms with van der Waals surface area (Å²) in [7, 11) is 0. The molecule has 2 fully saturated rings. The molecule has 0 radical (unpaired) electrons. The first-order chi connectivity index (χ1) is 11.6. The van der Waals surface area contributed by atoms with Gasteiger partial charge in [0.05, 0.1) is 0 Å². The van der Waals surface area contributed by atoms with Crippen LogP contribution >= 0.6 is 0 Å². The van der Waals surface area contributed by atoms with E-state index in [1.54, 1.807) is 0 Å². The van der Waals surface area contributed by atoms with Crippen LogP contribution in [0.4, 0.5) is 0 Å². The molecular weight excluding hydrogens is 302 g/mol. The van der Waals surface area contributed by atoms with Crippen molar-refractivity contribution in [1.82, 2.24) is 10.2 Å². The second kappa shape index (κ2) is 7.79. The molecule has 0 bridgehead atoms. The summed E-state index contributed by atoms with van der Waals surface area (Å²) in [6, 6.07) is 8.20. The van der Waals surface area contributed by atoms with Gasteiger partial charge in [-0.15, -0.1) is 0 Å². The van der Waals surface area contributed by atoms with Gasteiger partial charge in [0.25, 0.3) is 0 Å². The lowest BCUT2D eigenvalue weighted by atomic mass is 9.85. The van der Waals surface area contributed by atoms with E-state index in [4.69, 9.17) is 5.73 Å². The molecule has 130 valence electrons. The lowest BCUT2D eigenvalue weighted by Gasteiger charge is -2.26. The number of nitrogens with two attached hydrogens (primary N) is 1. The van der Waals surface area contributed by atoms with Crippen LogP contribution in [0.5, 0.6) is 0 Å². The van der Waals surface area contributed by atoms with Crippen molar-refractivity contribution in [2.24, 2.45) is 11.7 Å². The third kappa shape index (κ3) is 4.15. The second-order valence-corrected chi connectivity index (χ2v) is 7.03. The molecule has 1 aliphatic carbocycles. The van der Waals surface area contributed by atoms with E-state index in [2.05, 4.69) is 5.32 Å². The fourth-order valence-electron chi connectivity index (χ4n) is 3.75. The quantitative estimate of drug-likeness (QED) is 0.867. The van der Waals surface area contributed by atoms with Gasteiger partial charge in [-0.1, -0.05) is 30.7 Å². The van der Waals surface area contributed by atoms with Crippen molar-refractivity contribution >= 4 is 11.8 Å². The third-order valence-electron chi connectivity index (χ3n) is 5.19. The molecule has 1 saturated carbocycles. The molecule has 1 heterocycles. The average molecular weight is 329 g/mol. The molecule has 2 aliphatic rings. The van der Waals surface area contributed by atoms with Crippen molar-refractivity contribution in [3.63, 3.8) is 0 Å². The van der Waals surface area contributed by atoms with Crippen molar-refractivity contribution in [3.8, 4) is 0 Å². The van der Waals surface area contributed by atoms with E-state index in [-0.39, 0.29) is 23.8 Å². The Morgan fingerprint density at radius 1 is 1.21 bits per heavy atom. The van der Waals surface area contributed by atoms with E-state index in [1.165, 1.54) is 0 Å². The maximum absolute atomic E-state index is 12.4. The zero-order valence-electron chi connectivity index (χ0n) is 14.2. The molecule has 0 spiro atoms. The Morgan fingerprint density at radius 3 is 2.71 bits per heavy atom. The van der Waals surface area contributed by atoms with Crippen LogP contribution in [0.25, 0.3) is 0 Å². The molecule has 5 nitrogen and oxygen atoms in total. The molecule has 1 aromatic carbocycles. The van der Waals surface area contributed by atoms with E-state index < -0.39 is 0 Å². The smallest absolute Gasteiger partial charge is 0.223 e. The van der Waals surface area contributed by atoms with Gasteiger partial charge in [-0.05, 0) is 36.8 Å². The van der Waals surface area contributed by atoms with Crippen molar-refractivity contribution in [3.05, 3.63) is 35.4 Å². The first kappa shape index (κ1) is 17.0. The van der Waals surface area contributed by atoms with E-state index in [0.29, 0.717) is 19.5 Å². The Labute approximate surface area is 143 Å². The van der Waals surface area contributed by atoms with Gasteiger partial charge in [0.1, 0.15) is 0 Å². The summed E-state index contributed by atoms with van der Waals surface area (Å²) in [5.74, 6) is 0.378. The lowest BCUT2D eigenvalue weighted by Crippen LogP contribution is -2.37. The molecule has 2 amide bonds. The number of hydrogen-bond acceptors (Lipinski definition) is 3. The van der Waals surface area contributed by atoms with Gasteiger partial charge in [0.2, 0.25) is 11.8 Å². The topological polar surface area (TPSA) is 75.4 Å². The number of rotatable bonds is 5. The Kier molecular flexibility index (Phi) is 5.51. The Morgan fingerprint density at radius 2 is 2.00 bits per heavy atom. The summed E-state index contributed by atoms with van der Waals surface area (Å²) >= 11 is 0. The maximum Gasteiger partial charge on any atom is 0.223 e. The largest absolute Gasteiger partial charge is 0.352 e. The molecule has 3 rings (SSSR count). The molecule has 1 aliphatic heterocycles. The van der Waals surface area contributed by atoms with Gasteiger partial charge in [0, 0.05) is 38.0 Å². The first-order valence-corrected chi connectivity index (χ1v) is 9.01. The van der Waals surface area contributed by atoms with Crippen molar-refractivity contribution in [2.45, 2.75) is 57.7 Å². The predicted octanol–water partition coefficient (Wildman–Crippen LogP) is 1.94. The minimum Gasteiger partial charge on any atom is -0.352 e. The van der Waals surface area contributed by atoms with Crippen LogP contribution in [-0.2, 0) is 22.7 Å². The number of hydrogen-bond donors (Lipinski definition) is 2. The average Bonchev–Trinajstić information content (AvgIpc) is 2.99. The van der Waals surface area contributed by atoms with Gasteiger partial charge in [-0.25, -0.2) is 0 Å². The Hall–Kier alpha value is -1.88. The number of carbonyl (C=O) groups is 2. The molecule has 5 heteroatoms. The molecule has 1 saturated heterocycles. The molecule has 2 atom stereocenters. The summed E-state index contributed by atoms with van der Waals surface area (Å²) in [5.41, 5.74) is 8.19. The molecule has 3 N–H and O–H groups in total. The normalized spacial score (nSPS) is 24.2. The zero-order valence-corrected chi connectivity index (χ0v) is 14.2. The van der Waals surface area contributed by atoms with E-state index in [0.717, 1.165) is 49.8 Å². The van der Waals surface area contributed by atoms with E-state index in [1.807, 2.05) is 29.2 Å². The third-order valence-corrected chi connectivity index (χ3v) is 5.19. The fourth-order valence-corrected chi connectivity index (χ4v) is 3.75. The van der Waals surface area contributed by atoms with E-state index in [9.17, 15) is 9.59 Å². The highest BCUT2D eigenvalue weighted by Crippen LogP contribution is 2.23. The van der Waals surface area contributed by atoms with Crippen LogP contribution in [-0.4, -0.2) is 29.3 Å². The highest BCUT2D eigenvalue weighted by Gasteiger charge is 2.25. The summed E-state index contributed by atoms with van der Waals surface area (Å²) in [6.07, 6.45) is 5.38. The number of amides is 2. The van der Waals surface area contributed by atoms with Crippen LogP contribution in [0.15, 0.2) is 24.3 Å². The monoisotopic (exact) mass is 329 g/mol. The Bertz CT molecular complexity index is 602. The molecule has 1 aromatic rings. The lowest BCUT2D eigenvalue weighted by molar-refractivity contribution is -0.128. The number of likely N-dealkylation sites (tertiary alicyclic amines) is 1. The molecule has 24 heavy (non-hydrogen) atoms. The summed E-state index contributed by atoms with van der Waals surface area (Å²) in [5, 5.41) is 3.07. The molecule has 0 aromatic heterocycles. The van der Waals surface area contributed by atoms with Gasteiger partial charge in [0.15, 0.2) is 0 Å². The van der Waals surface area contributed by atoms with Gasteiger partial charge in [-0.2, -0.15) is 0 Å². The standard InChI is InChI=1S/C19H27N3O2/c20-17-8-3-7-14(11-17)19(24)21-12-15-5-1-2-6-16(15)13-22-10-4-9-18(22)23/h1-2,5-6,14,17H,3-4,7-13,20H2,(H,21,24)/t14-,17-/m0/s1. The Balaban J connectivity index is 1.58. The van der Waals surface area contributed by atoms with Gasteiger partial charge in [-0.3, -0.25) is 9.59 Å². The summed E-state index contributed by atoms with van der Waals surface area (Å²) < 4.78 is 0. The van der Waals surface area contributed by atoms with Crippen molar-refractivity contribution in [1.29, 1.82) is 0 Å². The predicted molar refractivity (Wildman–Crippen MR) is 92.9 cm³/mol. The summed E-state index contributed by atoms with van der Waals surface area (Å²) in [4.78, 5) is 26.1. The first-order valence-electron chi connectivity index (χ1n) is 9.01. The van der Waals surface area contributed by atoms with Gasteiger partial charge < -0.3 is 16.0 Å². The number of nitrogens with zero attached hydrogens (tertiary/aromatic N) is 1. The number of nitrogens with one attached hydrogen (secondary N) is 1. The van der Waals surface area contributed by atoms with Crippen LogP contribution in [0, 0.1) is 5.92 Å². The van der Waals surface area contributed by atoms with Crippen molar-refractivity contribution in [2.75, 3.05) is 6.54 Å². The fraction of sp³-hybridized carbons (Fsp3) is 0.579. The second-order valence-electron chi connectivity index (χ2n) is 7.03. The summed E-state index contributed by atoms with van der Waals surface area (Å²) in [6.45, 7) is 1.99.